The van der Waals surface area contributed by atoms with Crippen LogP contribution in [0.25, 0.3) is 0 Å². The van der Waals surface area contributed by atoms with E-state index in [0.29, 0.717) is 4.91 Å². The maximum Gasteiger partial charge on any atom is 0.341 e. The Morgan fingerprint density at radius 2 is 2.25 bits per heavy atom. The number of hydrogen-bond donors (Lipinski definition) is 1. The molecular formula is C5H8O2S. The van der Waals surface area contributed by atoms with Crippen LogP contribution in [-0.2, 0) is 4.79 Å². The summed E-state index contributed by atoms with van der Waals surface area (Å²) in [4.78, 5) is 10.5. The van der Waals surface area contributed by atoms with Crippen molar-refractivity contribution in [1.29, 1.82) is 0 Å². The summed E-state index contributed by atoms with van der Waals surface area (Å²) >= 11 is 1.24. The van der Waals surface area contributed by atoms with Gasteiger partial charge in [0.05, 0.1) is 4.91 Å². The van der Waals surface area contributed by atoms with Crippen molar-refractivity contribution in [3.8, 4) is 0 Å². The van der Waals surface area contributed by atoms with Gasteiger partial charge >= 0.3 is 5.97 Å². The van der Waals surface area contributed by atoms with E-state index >= 15 is 0 Å². The lowest BCUT2D eigenvalue weighted by atomic mass is 10.5. The molecule has 46 valence electrons. The number of thioether (sulfide) groups is 1. The Balaban J connectivity index is 3.92. The molecular weight excluding hydrogens is 124 g/mol. The largest absolute Gasteiger partial charge is 0.477 e. The van der Waals surface area contributed by atoms with Crippen LogP contribution in [0.4, 0.5) is 0 Å². The second-order valence-electron chi connectivity index (χ2n) is 1.16. The van der Waals surface area contributed by atoms with E-state index in [0.717, 1.165) is 0 Å². The molecule has 0 spiro atoms. The maximum absolute atomic E-state index is 10.1. The van der Waals surface area contributed by atoms with Crippen LogP contribution in [0.1, 0.15) is 6.92 Å². The Bertz CT molecular complexity index is 118. The van der Waals surface area contributed by atoms with Gasteiger partial charge in [-0.05, 0) is 13.2 Å². The van der Waals surface area contributed by atoms with Gasteiger partial charge in [-0.3, -0.25) is 0 Å². The molecule has 2 nitrogen and oxygen atoms in total. The fourth-order valence-corrected chi connectivity index (χ4v) is 0.739. The minimum Gasteiger partial charge on any atom is -0.477 e. The monoisotopic (exact) mass is 132 g/mol. The van der Waals surface area contributed by atoms with Crippen LogP contribution in [-0.4, -0.2) is 17.3 Å². The van der Waals surface area contributed by atoms with Gasteiger partial charge < -0.3 is 5.11 Å². The highest BCUT2D eigenvalue weighted by Gasteiger charge is 2.00. The second kappa shape index (κ2) is 3.55. The summed E-state index contributed by atoms with van der Waals surface area (Å²) in [7, 11) is 0. The van der Waals surface area contributed by atoms with Gasteiger partial charge in [-0.25, -0.2) is 4.79 Å². The SMILES string of the molecule is C/C=C(/SC)C(=O)O. The van der Waals surface area contributed by atoms with Crippen LogP contribution >= 0.6 is 11.8 Å². The average Bonchev–Trinajstić information content (AvgIpc) is 1.69. The Kier molecular flexibility index (Phi) is 3.35. The normalized spacial score (nSPS) is 11.5. The molecule has 0 aliphatic heterocycles. The standard InChI is InChI=1S/C5H8O2S/c1-3-4(8-2)5(6)7/h3H,1-2H3,(H,6,7)/b4-3+. The van der Waals surface area contributed by atoms with Crippen LogP contribution in [0.5, 0.6) is 0 Å². The van der Waals surface area contributed by atoms with Crippen molar-refractivity contribution < 1.29 is 9.90 Å². The Hall–Kier alpha value is -0.440. The zero-order valence-corrected chi connectivity index (χ0v) is 5.66. The molecule has 0 rings (SSSR count). The number of carbonyl (C=O) groups is 1. The zero-order chi connectivity index (χ0) is 6.57. The highest BCUT2D eigenvalue weighted by Crippen LogP contribution is 2.09. The van der Waals surface area contributed by atoms with E-state index in [2.05, 4.69) is 0 Å². The fraction of sp³-hybridized carbons (Fsp3) is 0.400. The lowest BCUT2D eigenvalue weighted by Crippen LogP contribution is -1.94. The van der Waals surface area contributed by atoms with E-state index < -0.39 is 5.97 Å². The van der Waals surface area contributed by atoms with Crippen LogP contribution in [0.2, 0.25) is 0 Å². The second-order valence-corrected chi connectivity index (χ2v) is 2.01. The number of hydrogen-bond acceptors (Lipinski definition) is 2. The minimum absolute atomic E-state index is 0.394. The maximum atomic E-state index is 10.1. The quantitative estimate of drug-likeness (QED) is 0.576. The Morgan fingerprint density at radius 3 is 2.25 bits per heavy atom. The van der Waals surface area contributed by atoms with Crippen LogP contribution < -0.4 is 0 Å². The summed E-state index contributed by atoms with van der Waals surface area (Å²) in [6, 6.07) is 0. The number of allylic oxidation sites excluding steroid dienone is 1. The molecule has 0 radical (unpaired) electrons. The lowest BCUT2D eigenvalue weighted by Gasteiger charge is -1.90. The van der Waals surface area contributed by atoms with Crippen molar-refractivity contribution in [1.82, 2.24) is 0 Å². The van der Waals surface area contributed by atoms with E-state index in [9.17, 15) is 4.79 Å². The molecule has 0 unspecified atom stereocenters. The molecule has 0 saturated carbocycles. The summed E-state index contributed by atoms with van der Waals surface area (Å²) in [5.41, 5.74) is 0. The number of carboxylic acids is 1. The van der Waals surface area contributed by atoms with E-state index in [1.54, 1.807) is 19.3 Å². The third-order valence-corrected chi connectivity index (χ3v) is 1.54. The molecule has 0 aliphatic rings. The molecule has 0 aromatic rings. The first-order chi connectivity index (χ1) is 3.72. The van der Waals surface area contributed by atoms with Gasteiger partial charge in [0, 0.05) is 0 Å². The molecule has 0 saturated heterocycles. The van der Waals surface area contributed by atoms with Crippen molar-refractivity contribution in [2.45, 2.75) is 6.92 Å². The molecule has 8 heavy (non-hydrogen) atoms. The van der Waals surface area contributed by atoms with Gasteiger partial charge in [0.1, 0.15) is 0 Å². The first-order valence-electron chi connectivity index (χ1n) is 2.16. The zero-order valence-electron chi connectivity index (χ0n) is 4.84. The van der Waals surface area contributed by atoms with E-state index in [4.69, 9.17) is 5.11 Å². The van der Waals surface area contributed by atoms with Gasteiger partial charge in [0.25, 0.3) is 0 Å². The fourth-order valence-electron chi connectivity index (χ4n) is 0.329. The topological polar surface area (TPSA) is 37.3 Å². The molecule has 0 fully saturated rings. The smallest absolute Gasteiger partial charge is 0.341 e. The number of carboxylic acid groups (broad SMARTS) is 1. The van der Waals surface area contributed by atoms with Gasteiger partial charge in [-0.1, -0.05) is 6.08 Å². The molecule has 0 aliphatic carbocycles. The molecule has 0 amide bonds. The predicted octanol–water partition coefficient (Wildman–Crippen LogP) is 1.34. The number of rotatable bonds is 2. The van der Waals surface area contributed by atoms with Gasteiger partial charge in [-0.15, -0.1) is 11.8 Å². The van der Waals surface area contributed by atoms with Crippen molar-refractivity contribution in [3.63, 3.8) is 0 Å². The summed E-state index contributed by atoms with van der Waals surface area (Å²) in [5.74, 6) is -0.847. The molecule has 0 heterocycles. The molecule has 1 N–H and O–H groups in total. The van der Waals surface area contributed by atoms with E-state index in [-0.39, 0.29) is 0 Å². The first-order valence-corrected chi connectivity index (χ1v) is 3.38. The van der Waals surface area contributed by atoms with Crippen LogP contribution in [0, 0.1) is 0 Å². The van der Waals surface area contributed by atoms with Gasteiger partial charge in [-0.2, -0.15) is 0 Å². The highest BCUT2D eigenvalue weighted by atomic mass is 32.2. The summed E-state index contributed by atoms with van der Waals surface area (Å²) in [6.45, 7) is 1.71. The highest BCUT2D eigenvalue weighted by molar-refractivity contribution is 8.03. The Morgan fingerprint density at radius 1 is 1.75 bits per heavy atom. The number of aliphatic carboxylic acids is 1. The summed E-state index contributed by atoms with van der Waals surface area (Å²) in [5, 5.41) is 8.28. The molecule has 3 heteroatoms. The lowest BCUT2D eigenvalue weighted by molar-refractivity contribution is -0.131. The van der Waals surface area contributed by atoms with Crippen LogP contribution in [0.15, 0.2) is 11.0 Å². The first kappa shape index (κ1) is 7.56. The van der Waals surface area contributed by atoms with Gasteiger partial charge in [0.2, 0.25) is 0 Å². The third kappa shape index (κ3) is 2.02. The Labute approximate surface area is 52.6 Å². The average molecular weight is 132 g/mol. The predicted molar refractivity (Wildman–Crippen MR) is 34.9 cm³/mol. The minimum atomic E-state index is -0.847. The van der Waals surface area contributed by atoms with Crippen molar-refractivity contribution in [2.24, 2.45) is 0 Å². The van der Waals surface area contributed by atoms with Crippen molar-refractivity contribution in [2.75, 3.05) is 6.26 Å². The van der Waals surface area contributed by atoms with Crippen molar-refractivity contribution >= 4 is 17.7 Å². The molecule has 0 aromatic heterocycles. The summed E-state index contributed by atoms with van der Waals surface area (Å²) in [6.07, 6.45) is 3.32. The van der Waals surface area contributed by atoms with E-state index in [1.807, 2.05) is 0 Å². The molecule has 0 aromatic carbocycles. The molecule has 0 bridgehead atoms. The third-order valence-electron chi connectivity index (χ3n) is 0.693. The summed E-state index contributed by atoms with van der Waals surface area (Å²) < 4.78 is 0. The van der Waals surface area contributed by atoms with Gasteiger partial charge in [0.15, 0.2) is 0 Å². The van der Waals surface area contributed by atoms with Crippen LogP contribution in [0.3, 0.4) is 0 Å². The molecule has 0 atom stereocenters. The van der Waals surface area contributed by atoms with E-state index in [1.165, 1.54) is 11.8 Å². The van der Waals surface area contributed by atoms with Crippen molar-refractivity contribution in [3.05, 3.63) is 11.0 Å².